The number of aliphatic hydroxyl groups is 2. The first-order valence-electron chi connectivity index (χ1n) is 7.65. The predicted molar refractivity (Wildman–Crippen MR) is 85.0 cm³/mol. The van der Waals surface area contributed by atoms with E-state index in [1.807, 2.05) is 0 Å². The van der Waals surface area contributed by atoms with Crippen LogP contribution >= 0.6 is 0 Å². The molecule has 3 rings (SSSR count). The zero-order valence-electron chi connectivity index (χ0n) is 13.6. The first kappa shape index (κ1) is 17.3. The van der Waals surface area contributed by atoms with E-state index in [0.29, 0.717) is 0 Å². The topological polar surface area (TPSA) is 158 Å². The maximum Gasteiger partial charge on any atom is 0.330 e. The Labute approximate surface area is 141 Å². The van der Waals surface area contributed by atoms with Gasteiger partial charge in [-0.3, -0.25) is 24.5 Å². The van der Waals surface area contributed by atoms with Gasteiger partial charge in [-0.25, -0.2) is 9.79 Å². The number of aromatic nitrogens is 2. The van der Waals surface area contributed by atoms with Crippen LogP contribution in [-0.4, -0.2) is 62.5 Å². The lowest BCUT2D eigenvalue weighted by Gasteiger charge is -2.30. The molecule has 1 amide bonds. The van der Waals surface area contributed by atoms with Gasteiger partial charge in [0.1, 0.15) is 17.7 Å². The molecule has 136 valence electrons. The molecule has 1 unspecified atom stereocenters. The molecule has 3 heterocycles. The van der Waals surface area contributed by atoms with Gasteiger partial charge in [0.05, 0.1) is 13.2 Å². The number of rotatable bonds is 2. The number of fused-ring (bicyclic) bond motifs is 2. The summed E-state index contributed by atoms with van der Waals surface area (Å²) < 4.78 is 6.90. The van der Waals surface area contributed by atoms with Crippen LogP contribution in [0.2, 0.25) is 0 Å². The Morgan fingerprint density at radius 1 is 1.56 bits per heavy atom. The predicted octanol–water partition coefficient (Wildman–Crippen LogP) is -3.07. The van der Waals surface area contributed by atoms with Gasteiger partial charge in [0.15, 0.2) is 12.2 Å². The summed E-state index contributed by atoms with van der Waals surface area (Å²) in [7, 11) is 0. The molecule has 25 heavy (non-hydrogen) atoms. The second-order valence-corrected chi connectivity index (χ2v) is 6.16. The number of ether oxygens (including phenoxy) is 1. The Balaban J connectivity index is 2.09. The summed E-state index contributed by atoms with van der Waals surface area (Å²) in [5.74, 6) is -0.263. The minimum atomic E-state index is -1.41. The minimum absolute atomic E-state index is 0.0339. The van der Waals surface area contributed by atoms with Crippen molar-refractivity contribution in [3.63, 3.8) is 0 Å². The van der Waals surface area contributed by atoms with Gasteiger partial charge in [0, 0.05) is 18.7 Å². The highest BCUT2D eigenvalue weighted by atomic mass is 16.6. The van der Waals surface area contributed by atoms with Crippen LogP contribution < -0.4 is 21.9 Å². The van der Waals surface area contributed by atoms with Crippen LogP contribution in [0.5, 0.6) is 0 Å². The van der Waals surface area contributed by atoms with Gasteiger partial charge < -0.3 is 20.3 Å². The van der Waals surface area contributed by atoms with E-state index in [1.54, 1.807) is 0 Å². The second kappa shape index (κ2) is 6.10. The molecule has 2 aliphatic heterocycles. The fraction of sp³-hybridized carbons (Fsp3) is 0.571. The van der Waals surface area contributed by atoms with Crippen molar-refractivity contribution in [3.8, 4) is 0 Å². The van der Waals surface area contributed by atoms with E-state index in [1.165, 1.54) is 20.0 Å². The molecule has 2 aliphatic rings. The molecule has 0 aromatic carbocycles. The summed E-state index contributed by atoms with van der Waals surface area (Å²) in [6.45, 7) is 2.26. The fourth-order valence-electron chi connectivity index (χ4n) is 2.98. The van der Waals surface area contributed by atoms with Crippen LogP contribution in [0.25, 0.3) is 0 Å². The van der Waals surface area contributed by atoms with E-state index in [4.69, 9.17) is 4.74 Å². The third-order valence-corrected chi connectivity index (χ3v) is 4.33. The Morgan fingerprint density at radius 3 is 2.92 bits per heavy atom. The van der Waals surface area contributed by atoms with Crippen molar-refractivity contribution in [2.24, 2.45) is 4.99 Å². The van der Waals surface area contributed by atoms with E-state index in [2.05, 4.69) is 20.6 Å². The van der Waals surface area contributed by atoms with Gasteiger partial charge in [0.2, 0.25) is 5.91 Å². The fourth-order valence-corrected chi connectivity index (χ4v) is 2.98. The number of carbonyl (C=O) groups excluding carboxylic acids is 1. The molecule has 4 atom stereocenters. The number of hydrogen-bond donors (Lipinski definition) is 5. The van der Waals surface area contributed by atoms with Gasteiger partial charge in [-0.1, -0.05) is 0 Å². The van der Waals surface area contributed by atoms with Crippen LogP contribution in [0.4, 0.5) is 0 Å². The SMILES string of the molecule is CC(=O)NC1=N[C@H]2C(O)[C@](CO)(CN1)O[C@H]2n1cc(C)c(=O)[nH]c1=O. The number of aliphatic imine (C=N–C) groups is 1. The average Bonchev–Trinajstić information content (AvgIpc) is 2.72. The number of hydrogen-bond acceptors (Lipinski definition) is 8. The van der Waals surface area contributed by atoms with Crippen molar-refractivity contribution in [2.45, 2.75) is 37.8 Å². The van der Waals surface area contributed by atoms with Crippen molar-refractivity contribution in [3.05, 3.63) is 32.6 Å². The summed E-state index contributed by atoms with van der Waals surface area (Å²) in [4.78, 5) is 41.4. The van der Waals surface area contributed by atoms with E-state index < -0.39 is 41.8 Å². The lowest BCUT2D eigenvalue weighted by Crippen LogP contribution is -2.53. The number of nitrogens with one attached hydrogen (secondary N) is 3. The molecule has 11 nitrogen and oxygen atoms in total. The molecule has 0 aliphatic carbocycles. The molecule has 0 radical (unpaired) electrons. The highest BCUT2D eigenvalue weighted by molar-refractivity contribution is 5.96. The highest BCUT2D eigenvalue weighted by Crippen LogP contribution is 2.39. The zero-order chi connectivity index (χ0) is 18.4. The zero-order valence-corrected chi connectivity index (χ0v) is 13.6. The van der Waals surface area contributed by atoms with Crippen molar-refractivity contribution < 1.29 is 19.7 Å². The summed E-state index contributed by atoms with van der Waals surface area (Å²) in [6.07, 6.45) is -0.988. The number of aryl methyl sites for hydroxylation is 1. The highest BCUT2D eigenvalue weighted by Gasteiger charge is 2.57. The van der Waals surface area contributed by atoms with E-state index in [0.717, 1.165) is 4.57 Å². The summed E-state index contributed by atoms with van der Waals surface area (Å²) in [5, 5.41) is 25.6. The maximum absolute atomic E-state index is 12.2. The minimum Gasteiger partial charge on any atom is -0.393 e. The molecule has 1 aromatic rings. The van der Waals surface area contributed by atoms with Crippen molar-refractivity contribution in [1.82, 2.24) is 20.2 Å². The monoisotopic (exact) mass is 353 g/mol. The van der Waals surface area contributed by atoms with Gasteiger partial charge >= 0.3 is 5.69 Å². The number of guanidine groups is 1. The van der Waals surface area contributed by atoms with Crippen LogP contribution in [0, 0.1) is 6.92 Å². The molecule has 1 aromatic heterocycles. The van der Waals surface area contributed by atoms with Gasteiger partial charge in [-0.2, -0.15) is 0 Å². The Kier molecular flexibility index (Phi) is 4.22. The lowest BCUT2D eigenvalue weighted by molar-refractivity contribution is -0.125. The normalized spacial score (nSPS) is 31.0. The molecule has 1 fully saturated rings. The third kappa shape index (κ3) is 2.86. The summed E-state index contributed by atoms with van der Waals surface area (Å²) in [5.41, 5.74) is -2.39. The number of carbonyl (C=O) groups is 1. The number of amides is 1. The first-order valence-corrected chi connectivity index (χ1v) is 7.65. The number of H-pyrrole nitrogens is 1. The first-order chi connectivity index (χ1) is 11.8. The summed E-state index contributed by atoms with van der Waals surface area (Å²) in [6, 6.07) is -0.980. The second-order valence-electron chi connectivity index (χ2n) is 6.16. The van der Waals surface area contributed by atoms with E-state index in [9.17, 15) is 24.6 Å². The quantitative estimate of drug-likeness (QED) is 0.377. The van der Waals surface area contributed by atoms with Gasteiger partial charge in [-0.05, 0) is 6.92 Å². The van der Waals surface area contributed by atoms with E-state index >= 15 is 0 Å². The van der Waals surface area contributed by atoms with Crippen LogP contribution in [-0.2, 0) is 9.53 Å². The molecular weight excluding hydrogens is 334 g/mol. The maximum atomic E-state index is 12.2. The van der Waals surface area contributed by atoms with Crippen LogP contribution in [0.1, 0.15) is 18.7 Å². The number of aromatic amines is 1. The van der Waals surface area contributed by atoms with Gasteiger partial charge in [-0.15, -0.1) is 0 Å². The standard InChI is InChI=1S/C14H19N5O6/c1-6-3-19(13(24)18-10(6)23)11-8-9(22)14(5-20,25-11)4-15-12(17-8)16-7(2)21/h3,8-9,11,20,22H,4-5H2,1-2H3,(H,18,23,24)(H2,15,16,17,21)/t8-,9?,11+,14+/m0/s1. The Morgan fingerprint density at radius 2 is 2.28 bits per heavy atom. The lowest BCUT2D eigenvalue weighted by atomic mass is 9.95. The van der Waals surface area contributed by atoms with Crippen molar-refractivity contribution in [2.75, 3.05) is 13.2 Å². The van der Waals surface area contributed by atoms with Crippen LogP contribution in [0.15, 0.2) is 20.8 Å². The largest absolute Gasteiger partial charge is 0.393 e. The van der Waals surface area contributed by atoms with Crippen molar-refractivity contribution in [1.29, 1.82) is 0 Å². The number of nitrogens with zero attached hydrogens (tertiary/aromatic N) is 2. The third-order valence-electron chi connectivity index (χ3n) is 4.33. The number of aliphatic hydroxyl groups excluding tert-OH is 2. The Hall–Kier alpha value is -2.50. The smallest absolute Gasteiger partial charge is 0.330 e. The average molecular weight is 353 g/mol. The summed E-state index contributed by atoms with van der Waals surface area (Å²) >= 11 is 0. The van der Waals surface area contributed by atoms with Gasteiger partial charge in [0.25, 0.3) is 5.56 Å². The Bertz CT molecular complexity index is 845. The molecule has 1 saturated heterocycles. The molecule has 5 N–H and O–H groups in total. The molecule has 2 bridgehead atoms. The van der Waals surface area contributed by atoms with Crippen molar-refractivity contribution >= 4 is 11.9 Å². The molecule has 0 spiro atoms. The van der Waals surface area contributed by atoms with E-state index in [-0.39, 0.29) is 24.0 Å². The van der Waals surface area contributed by atoms with Crippen LogP contribution in [0.3, 0.4) is 0 Å². The molecule has 0 saturated carbocycles. The molecule has 11 heteroatoms. The molecular formula is C14H19N5O6.